The fraction of sp³-hybridized carbons (Fsp3) is 0.455. The molecule has 8 nitrogen and oxygen atoms in total. The second kappa shape index (κ2) is 5.75. The second-order valence-electron chi connectivity index (χ2n) is 4.57. The molecule has 0 bridgehead atoms. The van der Waals surface area contributed by atoms with Crippen LogP contribution in [-0.2, 0) is 11.0 Å². The van der Waals surface area contributed by atoms with E-state index < -0.39 is 34.4 Å². The van der Waals surface area contributed by atoms with Crippen molar-refractivity contribution in [1.82, 2.24) is 10.3 Å². The van der Waals surface area contributed by atoms with Crippen LogP contribution in [-0.4, -0.2) is 46.7 Å². The van der Waals surface area contributed by atoms with E-state index in [2.05, 4.69) is 10.3 Å². The molecular weight excluding hydrogens is 309 g/mol. The van der Waals surface area contributed by atoms with Gasteiger partial charge in [0.15, 0.2) is 0 Å². The van der Waals surface area contributed by atoms with Crippen LogP contribution in [0.25, 0.3) is 0 Å². The third-order valence-corrected chi connectivity index (χ3v) is 3.17. The van der Waals surface area contributed by atoms with Gasteiger partial charge in [0.05, 0.1) is 10.5 Å². The molecule has 0 aliphatic carbocycles. The first kappa shape index (κ1) is 15.9. The first-order valence-electron chi connectivity index (χ1n) is 6.13. The van der Waals surface area contributed by atoms with E-state index in [1.165, 1.54) is 0 Å². The molecule has 0 radical (unpaired) electrons. The van der Waals surface area contributed by atoms with Crippen LogP contribution in [0, 0.1) is 10.1 Å². The number of carboxylic acids is 1. The van der Waals surface area contributed by atoms with Crippen molar-refractivity contribution in [3.05, 3.63) is 27.9 Å². The number of hydrogen-bond acceptors (Lipinski definition) is 6. The number of carboxylic acid groups (broad SMARTS) is 1. The number of piperazine rings is 1. The molecule has 0 amide bonds. The minimum absolute atomic E-state index is 0.00912. The Labute approximate surface area is 121 Å². The molecule has 2 N–H and O–H groups in total. The van der Waals surface area contributed by atoms with E-state index in [9.17, 15) is 28.1 Å². The summed E-state index contributed by atoms with van der Waals surface area (Å²) in [6.45, 7) is 0.426. The summed E-state index contributed by atoms with van der Waals surface area (Å²) in [5.41, 5.74) is -2.13. The van der Waals surface area contributed by atoms with Gasteiger partial charge in [-0.1, -0.05) is 0 Å². The Morgan fingerprint density at radius 3 is 2.77 bits per heavy atom. The molecule has 1 saturated heterocycles. The number of halogens is 3. The Kier molecular flexibility index (Phi) is 4.17. The lowest BCUT2D eigenvalue weighted by Crippen LogP contribution is -2.55. The number of nitro groups is 1. The van der Waals surface area contributed by atoms with Crippen LogP contribution in [0.3, 0.4) is 0 Å². The molecular formula is C11H11F3N4O4. The van der Waals surface area contributed by atoms with Gasteiger partial charge in [-0.3, -0.25) is 10.1 Å². The number of carbonyl (C=O) groups is 1. The minimum Gasteiger partial charge on any atom is -0.480 e. The number of pyridine rings is 1. The summed E-state index contributed by atoms with van der Waals surface area (Å²) in [5, 5.41) is 23.0. The average Bonchev–Trinajstić information content (AvgIpc) is 2.45. The fourth-order valence-corrected chi connectivity index (χ4v) is 2.14. The van der Waals surface area contributed by atoms with Crippen LogP contribution >= 0.6 is 0 Å². The van der Waals surface area contributed by atoms with Gasteiger partial charge in [-0.25, -0.2) is 9.78 Å². The Morgan fingerprint density at radius 1 is 1.55 bits per heavy atom. The molecule has 1 aromatic heterocycles. The SMILES string of the molecule is O=C(O)C1CNCCN1c1ncc(C(F)(F)F)cc1[N+](=O)[O-]. The first-order chi connectivity index (χ1) is 10.2. The first-order valence-corrected chi connectivity index (χ1v) is 6.13. The maximum absolute atomic E-state index is 12.6. The fourth-order valence-electron chi connectivity index (χ4n) is 2.14. The average molecular weight is 320 g/mol. The molecule has 1 aliphatic rings. The summed E-state index contributed by atoms with van der Waals surface area (Å²) in [5.74, 6) is -1.63. The highest BCUT2D eigenvalue weighted by Gasteiger charge is 2.37. The van der Waals surface area contributed by atoms with E-state index in [-0.39, 0.29) is 18.9 Å². The summed E-state index contributed by atoms with van der Waals surface area (Å²) >= 11 is 0. The number of hydrogen-bond donors (Lipinski definition) is 2. The molecule has 1 fully saturated rings. The van der Waals surface area contributed by atoms with Crippen molar-refractivity contribution in [2.45, 2.75) is 12.2 Å². The quantitative estimate of drug-likeness (QED) is 0.628. The normalized spacial score (nSPS) is 19.0. The zero-order valence-electron chi connectivity index (χ0n) is 11.0. The van der Waals surface area contributed by atoms with Crippen molar-refractivity contribution in [2.75, 3.05) is 24.5 Å². The lowest BCUT2D eigenvalue weighted by atomic mass is 10.1. The van der Waals surface area contributed by atoms with Gasteiger partial charge in [0, 0.05) is 31.9 Å². The minimum atomic E-state index is -4.77. The van der Waals surface area contributed by atoms with E-state index >= 15 is 0 Å². The van der Waals surface area contributed by atoms with Gasteiger partial charge in [-0.2, -0.15) is 13.2 Å². The Hall–Kier alpha value is -2.43. The van der Waals surface area contributed by atoms with Gasteiger partial charge < -0.3 is 15.3 Å². The molecule has 22 heavy (non-hydrogen) atoms. The molecule has 0 aromatic carbocycles. The number of aromatic nitrogens is 1. The number of nitrogens with zero attached hydrogens (tertiary/aromatic N) is 3. The highest BCUT2D eigenvalue weighted by atomic mass is 19.4. The largest absolute Gasteiger partial charge is 0.480 e. The summed E-state index contributed by atoms with van der Waals surface area (Å²) in [6.07, 6.45) is -4.31. The van der Waals surface area contributed by atoms with Gasteiger partial charge in [-0.15, -0.1) is 0 Å². The third-order valence-electron chi connectivity index (χ3n) is 3.17. The smallest absolute Gasteiger partial charge is 0.418 e. The molecule has 1 aromatic rings. The van der Waals surface area contributed by atoms with Crippen LogP contribution in [0.15, 0.2) is 12.3 Å². The van der Waals surface area contributed by atoms with E-state index in [1.807, 2.05) is 0 Å². The van der Waals surface area contributed by atoms with Crippen molar-refractivity contribution < 1.29 is 28.0 Å². The second-order valence-corrected chi connectivity index (χ2v) is 4.57. The van der Waals surface area contributed by atoms with E-state index in [1.54, 1.807) is 0 Å². The molecule has 0 saturated carbocycles. The predicted molar refractivity (Wildman–Crippen MR) is 67.5 cm³/mol. The zero-order chi connectivity index (χ0) is 16.5. The standard InChI is InChI=1S/C11H11F3N4O4/c12-11(13,14)6-3-7(18(21)22)9(16-4-6)17-2-1-15-5-8(17)10(19)20/h3-4,8,15H,1-2,5H2,(H,19,20). The van der Waals surface area contributed by atoms with E-state index in [0.717, 1.165) is 4.90 Å². The molecule has 1 unspecified atom stereocenters. The van der Waals surface area contributed by atoms with Crippen LogP contribution in [0.5, 0.6) is 0 Å². The lowest BCUT2D eigenvalue weighted by molar-refractivity contribution is -0.384. The van der Waals surface area contributed by atoms with Gasteiger partial charge in [0.25, 0.3) is 0 Å². The molecule has 1 atom stereocenters. The van der Waals surface area contributed by atoms with E-state index in [0.29, 0.717) is 18.8 Å². The van der Waals surface area contributed by atoms with Crippen LogP contribution in [0.2, 0.25) is 0 Å². The van der Waals surface area contributed by atoms with Gasteiger partial charge in [-0.05, 0) is 0 Å². The van der Waals surface area contributed by atoms with Gasteiger partial charge in [0.1, 0.15) is 6.04 Å². The molecule has 2 rings (SSSR count). The number of aliphatic carboxylic acids is 1. The monoisotopic (exact) mass is 320 g/mol. The van der Waals surface area contributed by atoms with Crippen molar-refractivity contribution in [3.8, 4) is 0 Å². The summed E-state index contributed by atoms with van der Waals surface area (Å²) in [4.78, 5) is 25.8. The maximum atomic E-state index is 12.6. The van der Waals surface area contributed by atoms with E-state index in [4.69, 9.17) is 5.11 Å². The van der Waals surface area contributed by atoms with Crippen molar-refractivity contribution >= 4 is 17.5 Å². The van der Waals surface area contributed by atoms with Crippen molar-refractivity contribution in [1.29, 1.82) is 0 Å². The Morgan fingerprint density at radius 2 is 2.23 bits per heavy atom. The van der Waals surface area contributed by atoms with Crippen molar-refractivity contribution in [2.24, 2.45) is 0 Å². The summed E-state index contributed by atoms with van der Waals surface area (Å²) < 4.78 is 37.9. The highest BCUT2D eigenvalue weighted by Crippen LogP contribution is 2.35. The zero-order valence-corrected chi connectivity index (χ0v) is 11.0. The highest BCUT2D eigenvalue weighted by molar-refractivity contribution is 5.79. The number of rotatable bonds is 3. The third kappa shape index (κ3) is 3.08. The number of anilines is 1. The summed E-state index contributed by atoms with van der Waals surface area (Å²) in [6, 6.07) is -0.778. The van der Waals surface area contributed by atoms with Gasteiger partial charge in [0.2, 0.25) is 5.82 Å². The van der Waals surface area contributed by atoms with Crippen LogP contribution < -0.4 is 10.2 Å². The molecule has 120 valence electrons. The topological polar surface area (TPSA) is 109 Å². The molecule has 0 spiro atoms. The Bertz CT molecular complexity index is 607. The Balaban J connectivity index is 2.49. The number of alkyl halides is 3. The molecule has 1 aliphatic heterocycles. The molecule has 2 heterocycles. The number of nitrogens with one attached hydrogen (secondary N) is 1. The van der Waals surface area contributed by atoms with Crippen molar-refractivity contribution in [3.63, 3.8) is 0 Å². The van der Waals surface area contributed by atoms with Crippen LogP contribution in [0.4, 0.5) is 24.7 Å². The molecule has 11 heteroatoms. The van der Waals surface area contributed by atoms with Crippen LogP contribution in [0.1, 0.15) is 5.56 Å². The van der Waals surface area contributed by atoms with Gasteiger partial charge >= 0.3 is 17.8 Å². The predicted octanol–water partition coefficient (Wildman–Crippen LogP) is 0.871. The lowest BCUT2D eigenvalue weighted by Gasteiger charge is -2.33. The maximum Gasteiger partial charge on any atom is 0.418 e. The summed E-state index contributed by atoms with van der Waals surface area (Å²) in [7, 11) is 0.